The Balaban J connectivity index is 1.51. The quantitative estimate of drug-likeness (QED) is 0.293. The summed E-state index contributed by atoms with van der Waals surface area (Å²) in [6.45, 7) is 3.20. The average Bonchev–Trinajstić information content (AvgIpc) is 2.84. The fourth-order valence-electron chi connectivity index (χ4n) is 4.99. The Labute approximate surface area is 211 Å². The Morgan fingerprint density at radius 1 is 1.12 bits per heavy atom. The summed E-state index contributed by atoms with van der Waals surface area (Å²) in [6.07, 6.45) is 7.65. The molecule has 0 aromatic heterocycles. The van der Waals surface area contributed by atoms with Gasteiger partial charge in [0, 0.05) is 23.1 Å². The number of carbonyl (C=O) groups is 1. The third kappa shape index (κ3) is 5.05. The van der Waals surface area contributed by atoms with Crippen molar-refractivity contribution in [1.82, 2.24) is 4.90 Å². The van der Waals surface area contributed by atoms with Crippen LogP contribution < -0.4 is 22.3 Å². The van der Waals surface area contributed by atoms with Crippen LogP contribution in [0.25, 0.3) is 5.57 Å². The zero-order chi connectivity index (χ0) is 24.5. The van der Waals surface area contributed by atoms with Gasteiger partial charge in [0.2, 0.25) is 5.91 Å². The molecule has 182 valence electrons. The van der Waals surface area contributed by atoms with E-state index in [4.69, 9.17) is 40.5 Å². The van der Waals surface area contributed by atoms with Gasteiger partial charge in [-0.25, -0.2) is 5.84 Å². The van der Waals surface area contributed by atoms with Crippen LogP contribution in [-0.4, -0.2) is 29.4 Å². The first kappa shape index (κ1) is 24.9. The molecule has 1 fully saturated rings. The smallest absolute Gasteiger partial charge is 0.242 e. The molecule has 1 aliphatic heterocycles. The number of halogens is 2. The first-order valence-corrected chi connectivity index (χ1v) is 12.6. The molecular weight excluding hydrogens is 469 g/mol. The maximum atomic E-state index is 13.1. The number of hydrazine groups is 1. The van der Waals surface area contributed by atoms with E-state index in [0.717, 1.165) is 55.3 Å². The van der Waals surface area contributed by atoms with Crippen molar-refractivity contribution >= 4 is 46.1 Å². The van der Waals surface area contributed by atoms with Gasteiger partial charge >= 0.3 is 0 Å². The molecule has 1 heterocycles. The topological polar surface area (TPSA) is 102 Å². The SMILES string of the molecule is CC(c1ccc(Cl)cc1Cl)N(N)c1cc(C2=CCN(C(=O)C3(N)CCCCC3)CC2)ccc1N. The van der Waals surface area contributed by atoms with Gasteiger partial charge in [0.1, 0.15) is 0 Å². The zero-order valence-electron chi connectivity index (χ0n) is 19.6. The summed E-state index contributed by atoms with van der Waals surface area (Å²) in [5.74, 6) is 6.60. The molecule has 0 radical (unpaired) electrons. The van der Waals surface area contributed by atoms with Crippen LogP contribution in [0.3, 0.4) is 0 Å². The molecule has 2 aromatic carbocycles. The summed E-state index contributed by atoms with van der Waals surface area (Å²) in [7, 11) is 0. The van der Waals surface area contributed by atoms with Gasteiger partial charge in [-0.1, -0.05) is 60.7 Å². The Hall–Kier alpha value is -2.25. The number of nitrogens with zero attached hydrogens (tertiary/aromatic N) is 2. The standard InChI is InChI=1S/C26H33Cl2N5O/c1-17(21-7-6-20(27)16-22(21)28)33(31)24-15-19(5-8-23(24)29)18-9-13-32(14-10-18)25(34)26(30)11-3-2-4-12-26/h5-9,15-17H,2-4,10-14,29-31H2,1H3. The molecule has 1 saturated carbocycles. The monoisotopic (exact) mass is 501 g/mol. The molecule has 6 nitrogen and oxygen atoms in total. The normalized spacial score (nSPS) is 18.9. The molecule has 2 aromatic rings. The van der Waals surface area contributed by atoms with Gasteiger partial charge in [0.15, 0.2) is 0 Å². The van der Waals surface area contributed by atoms with Gasteiger partial charge < -0.3 is 21.4 Å². The Bertz CT molecular complexity index is 1100. The number of anilines is 2. The van der Waals surface area contributed by atoms with Gasteiger partial charge in [0.25, 0.3) is 0 Å². The van der Waals surface area contributed by atoms with E-state index in [2.05, 4.69) is 6.08 Å². The van der Waals surface area contributed by atoms with Crippen LogP contribution in [-0.2, 0) is 4.79 Å². The highest BCUT2D eigenvalue weighted by atomic mass is 35.5. The second-order valence-corrected chi connectivity index (χ2v) is 10.3. The lowest BCUT2D eigenvalue weighted by atomic mass is 9.81. The molecule has 0 saturated heterocycles. The maximum Gasteiger partial charge on any atom is 0.242 e. The van der Waals surface area contributed by atoms with Gasteiger partial charge in [0.05, 0.1) is 23.0 Å². The Morgan fingerprint density at radius 3 is 2.50 bits per heavy atom. The molecule has 34 heavy (non-hydrogen) atoms. The van der Waals surface area contributed by atoms with Crippen LogP contribution in [0.4, 0.5) is 11.4 Å². The number of rotatable bonds is 5. The van der Waals surface area contributed by atoms with E-state index in [0.29, 0.717) is 28.8 Å². The van der Waals surface area contributed by atoms with Gasteiger partial charge in [-0.15, -0.1) is 0 Å². The second kappa shape index (κ2) is 10.2. The lowest BCUT2D eigenvalue weighted by Crippen LogP contribution is -2.56. The van der Waals surface area contributed by atoms with Crippen molar-refractivity contribution in [1.29, 1.82) is 0 Å². The molecule has 0 bridgehead atoms. The molecule has 4 rings (SSSR count). The van der Waals surface area contributed by atoms with Crippen molar-refractivity contribution < 1.29 is 4.79 Å². The predicted molar refractivity (Wildman–Crippen MR) is 142 cm³/mol. The Morgan fingerprint density at radius 2 is 1.85 bits per heavy atom. The average molecular weight is 502 g/mol. The van der Waals surface area contributed by atoms with E-state index in [1.165, 1.54) is 5.57 Å². The fraction of sp³-hybridized carbons (Fsp3) is 0.423. The third-order valence-corrected chi connectivity index (χ3v) is 7.74. The lowest BCUT2D eigenvalue weighted by molar-refractivity contribution is -0.137. The van der Waals surface area contributed by atoms with Crippen molar-refractivity contribution in [3.8, 4) is 0 Å². The van der Waals surface area contributed by atoms with E-state index in [-0.39, 0.29) is 11.9 Å². The largest absolute Gasteiger partial charge is 0.397 e. The Kier molecular flexibility index (Phi) is 7.43. The van der Waals surface area contributed by atoms with Crippen molar-refractivity contribution in [2.24, 2.45) is 11.6 Å². The molecule has 6 N–H and O–H groups in total. The summed E-state index contributed by atoms with van der Waals surface area (Å²) >= 11 is 12.5. The highest BCUT2D eigenvalue weighted by Gasteiger charge is 2.38. The van der Waals surface area contributed by atoms with E-state index in [9.17, 15) is 4.79 Å². The minimum absolute atomic E-state index is 0.0855. The van der Waals surface area contributed by atoms with Crippen molar-refractivity contribution in [2.45, 2.75) is 57.0 Å². The minimum Gasteiger partial charge on any atom is -0.397 e. The number of nitrogens with two attached hydrogens (primary N) is 3. The van der Waals surface area contributed by atoms with E-state index >= 15 is 0 Å². The van der Waals surface area contributed by atoms with Crippen LogP contribution in [0.15, 0.2) is 42.5 Å². The van der Waals surface area contributed by atoms with Crippen LogP contribution in [0, 0.1) is 0 Å². The number of benzene rings is 2. The number of nitrogen functional groups attached to an aromatic ring is 1. The van der Waals surface area contributed by atoms with Crippen LogP contribution in [0.1, 0.15) is 62.6 Å². The summed E-state index contributed by atoms with van der Waals surface area (Å²) in [4.78, 5) is 15.0. The number of hydrogen-bond donors (Lipinski definition) is 3. The van der Waals surface area contributed by atoms with Crippen molar-refractivity contribution in [2.75, 3.05) is 23.8 Å². The fourth-order valence-corrected chi connectivity index (χ4v) is 5.56. The number of amides is 1. The van der Waals surface area contributed by atoms with Gasteiger partial charge in [-0.2, -0.15) is 0 Å². The third-order valence-electron chi connectivity index (χ3n) is 7.18. The lowest BCUT2D eigenvalue weighted by Gasteiger charge is -2.38. The molecule has 1 atom stereocenters. The highest BCUT2D eigenvalue weighted by molar-refractivity contribution is 6.35. The van der Waals surface area contributed by atoms with Crippen LogP contribution >= 0.6 is 23.2 Å². The van der Waals surface area contributed by atoms with E-state index in [1.807, 2.05) is 36.1 Å². The summed E-state index contributed by atoms with van der Waals surface area (Å²) < 4.78 is 0. The zero-order valence-corrected chi connectivity index (χ0v) is 21.1. The molecule has 2 aliphatic rings. The second-order valence-electron chi connectivity index (χ2n) is 9.47. The summed E-state index contributed by atoms with van der Waals surface area (Å²) in [5, 5.41) is 2.77. The van der Waals surface area contributed by atoms with E-state index < -0.39 is 5.54 Å². The molecule has 1 aliphatic carbocycles. The number of hydrogen-bond acceptors (Lipinski definition) is 5. The van der Waals surface area contributed by atoms with Gasteiger partial charge in [-0.3, -0.25) is 4.79 Å². The minimum atomic E-state index is -0.697. The molecule has 1 unspecified atom stereocenters. The summed E-state index contributed by atoms with van der Waals surface area (Å²) in [6, 6.07) is 11.0. The maximum absolute atomic E-state index is 13.1. The summed E-state index contributed by atoms with van der Waals surface area (Å²) in [5.41, 5.74) is 16.5. The predicted octanol–water partition coefficient (Wildman–Crippen LogP) is 5.29. The first-order valence-electron chi connectivity index (χ1n) is 11.9. The van der Waals surface area contributed by atoms with Crippen molar-refractivity contribution in [3.05, 3.63) is 63.6 Å². The first-order chi connectivity index (χ1) is 16.2. The van der Waals surface area contributed by atoms with Crippen LogP contribution in [0.2, 0.25) is 10.0 Å². The molecule has 0 spiro atoms. The molecule has 1 amide bonds. The van der Waals surface area contributed by atoms with E-state index in [1.54, 1.807) is 17.1 Å². The van der Waals surface area contributed by atoms with Crippen LogP contribution in [0.5, 0.6) is 0 Å². The van der Waals surface area contributed by atoms with Crippen molar-refractivity contribution in [3.63, 3.8) is 0 Å². The molecular formula is C26H33Cl2N5O. The number of carbonyl (C=O) groups excluding carboxylic acids is 1. The van der Waals surface area contributed by atoms with Gasteiger partial charge in [-0.05, 0) is 67.2 Å². The molecule has 8 heteroatoms. The highest BCUT2D eigenvalue weighted by Crippen LogP contribution is 2.36.